The average molecular weight is 339 g/mol. The van der Waals surface area contributed by atoms with Crippen LogP contribution in [0.4, 0.5) is 15.6 Å². The molecular weight excluding hydrogens is 326 g/mol. The number of carbonyl (C=O) groups is 1. The summed E-state index contributed by atoms with van der Waals surface area (Å²) in [5.74, 6) is 1.44. The van der Waals surface area contributed by atoms with E-state index in [0.29, 0.717) is 10.9 Å². The van der Waals surface area contributed by atoms with Crippen LogP contribution in [0.1, 0.15) is 0 Å². The number of para-hydroxylation sites is 1. The number of hydrogen-bond acceptors (Lipinski definition) is 5. The summed E-state index contributed by atoms with van der Waals surface area (Å²) in [5.41, 5.74) is 2.41. The first kappa shape index (κ1) is 14.5. The summed E-state index contributed by atoms with van der Waals surface area (Å²) in [7, 11) is 0. The number of nitrogens with zero attached hydrogens (tertiary/aromatic N) is 1. The van der Waals surface area contributed by atoms with Gasteiger partial charge in [0.2, 0.25) is 6.79 Å². The summed E-state index contributed by atoms with van der Waals surface area (Å²) < 4.78 is 10.7. The van der Waals surface area contributed by atoms with Gasteiger partial charge in [0.05, 0.1) is 5.69 Å². The number of amides is 2. The second-order valence-electron chi connectivity index (χ2n) is 5.05. The lowest BCUT2D eigenvalue weighted by atomic mass is 10.1. The Morgan fingerprint density at radius 3 is 2.75 bits per heavy atom. The largest absolute Gasteiger partial charge is 0.454 e. The van der Waals surface area contributed by atoms with Crippen LogP contribution in [0, 0.1) is 0 Å². The van der Waals surface area contributed by atoms with E-state index in [9.17, 15) is 4.79 Å². The van der Waals surface area contributed by atoms with Crippen molar-refractivity contribution in [2.45, 2.75) is 0 Å². The lowest BCUT2D eigenvalue weighted by Gasteiger charge is -2.04. The zero-order valence-electron chi connectivity index (χ0n) is 12.5. The number of fused-ring (bicyclic) bond motifs is 1. The first-order valence-corrected chi connectivity index (χ1v) is 8.14. The van der Waals surface area contributed by atoms with E-state index >= 15 is 0 Å². The topological polar surface area (TPSA) is 72.5 Å². The molecule has 1 aromatic heterocycles. The third-order valence-corrected chi connectivity index (χ3v) is 4.18. The highest BCUT2D eigenvalue weighted by Gasteiger charge is 2.15. The molecule has 3 aromatic rings. The number of thiazole rings is 1. The Morgan fingerprint density at radius 2 is 1.88 bits per heavy atom. The molecule has 0 saturated carbocycles. The molecule has 7 heteroatoms. The molecule has 4 rings (SSSR count). The summed E-state index contributed by atoms with van der Waals surface area (Å²) in [6.07, 6.45) is 0. The molecule has 2 N–H and O–H groups in total. The number of benzene rings is 2. The molecule has 0 aliphatic carbocycles. The van der Waals surface area contributed by atoms with Gasteiger partial charge in [0.15, 0.2) is 16.6 Å². The van der Waals surface area contributed by atoms with Gasteiger partial charge in [-0.3, -0.25) is 5.32 Å². The van der Waals surface area contributed by atoms with Crippen molar-refractivity contribution >= 4 is 28.2 Å². The van der Waals surface area contributed by atoms with Gasteiger partial charge in [-0.25, -0.2) is 9.78 Å². The van der Waals surface area contributed by atoms with Crippen molar-refractivity contribution in [2.75, 3.05) is 17.4 Å². The maximum absolute atomic E-state index is 12.0. The molecule has 0 radical (unpaired) electrons. The summed E-state index contributed by atoms with van der Waals surface area (Å²) in [6.45, 7) is 0.238. The Kier molecular flexibility index (Phi) is 3.76. The fourth-order valence-electron chi connectivity index (χ4n) is 2.30. The number of hydrogen-bond donors (Lipinski definition) is 2. The van der Waals surface area contributed by atoms with Crippen LogP contribution in [0.2, 0.25) is 0 Å². The van der Waals surface area contributed by atoms with E-state index in [1.165, 1.54) is 11.3 Å². The first-order chi connectivity index (χ1) is 11.8. The summed E-state index contributed by atoms with van der Waals surface area (Å²) in [4.78, 5) is 16.4. The highest BCUT2D eigenvalue weighted by Crippen LogP contribution is 2.36. The van der Waals surface area contributed by atoms with Gasteiger partial charge < -0.3 is 14.8 Å². The fourth-order valence-corrected chi connectivity index (χ4v) is 3.02. The maximum Gasteiger partial charge on any atom is 0.325 e. The zero-order valence-corrected chi connectivity index (χ0v) is 13.3. The molecule has 0 atom stereocenters. The van der Waals surface area contributed by atoms with E-state index in [1.807, 2.05) is 53.9 Å². The Bertz CT molecular complexity index is 880. The van der Waals surface area contributed by atoms with Crippen LogP contribution in [-0.2, 0) is 0 Å². The van der Waals surface area contributed by atoms with Crippen molar-refractivity contribution < 1.29 is 14.3 Å². The Balaban J connectivity index is 1.46. The molecule has 6 nitrogen and oxygen atoms in total. The summed E-state index contributed by atoms with van der Waals surface area (Å²) in [6, 6.07) is 14.6. The molecular formula is C17H13N3O3S. The fraction of sp³-hybridized carbons (Fsp3) is 0.0588. The van der Waals surface area contributed by atoms with Crippen molar-refractivity contribution in [1.82, 2.24) is 4.98 Å². The number of ether oxygens (including phenoxy) is 2. The average Bonchev–Trinajstić information content (AvgIpc) is 3.24. The van der Waals surface area contributed by atoms with Crippen molar-refractivity contribution in [3.63, 3.8) is 0 Å². The molecule has 0 spiro atoms. The van der Waals surface area contributed by atoms with Crippen LogP contribution in [0.25, 0.3) is 11.3 Å². The van der Waals surface area contributed by atoms with Crippen molar-refractivity contribution in [3.8, 4) is 22.8 Å². The monoisotopic (exact) mass is 339 g/mol. The van der Waals surface area contributed by atoms with Crippen molar-refractivity contribution in [1.29, 1.82) is 0 Å². The molecule has 0 bridgehead atoms. The standard InChI is InChI=1S/C17H13N3O3S/c21-16(18-12-4-2-1-3-5-12)20-17-19-13(9-24-17)11-6-7-14-15(8-11)23-10-22-14/h1-9H,10H2,(H2,18,19,20,21). The van der Waals surface area contributed by atoms with Crippen LogP contribution in [0.5, 0.6) is 11.5 Å². The molecule has 2 heterocycles. The SMILES string of the molecule is O=C(Nc1ccccc1)Nc1nc(-c2ccc3c(c2)OCO3)cs1. The molecule has 1 aliphatic rings. The number of anilines is 2. The first-order valence-electron chi connectivity index (χ1n) is 7.26. The predicted molar refractivity (Wildman–Crippen MR) is 92.8 cm³/mol. The van der Waals surface area contributed by atoms with Gasteiger partial charge in [-0.15, -0.1) is 11.3 Å². The minimum absolute atomic E-state index is 0.238. The van der Waals surface area contributed by atoms with Gasteiger partial charge in [0.25, 0.3) is 0 Å². The lowest BCUT2D eigenvalue weighted by Crippen LogP contribution is -2.19. The molecule has 2 amide bonds. The number of nitrogens with one attached hydrogen (secondary N) is 2. The lowest BCUT2D eigenvalue weighted by molar-refractivity contribution is 0.174. The normalized spacial score (nSPS) is 12.0. The number of carbonyl (C=O) groups excluding carboxylic acids is 1. The second-order valence-corrected chi connectivity index (χ2v) is 5.91. The Hall–Kier alpha value is -3.06. The van der Waals surface area contributed by atoms with Crippen LogP contribution < -0.4 is 20.1 Å². The van der Waals surface area contributed by atoms with Crippen LogP contribution in [-0.4, -0.2) is 17.8 Å². The summed E-state index contributed by atoms with van der Waals surface area (Å²) >= 11 is 1.36. The van der Waals surface area contributed by atoms with E-state index in [4.69, 9.17) is 9.47 Å². The predicted octanol–water partition coefficient (Wildman–Crippen LogP) is 4.18. The van der Waals surface area contributed by atoms with E-state index < -0.39 is 0 Å². The molecule has 0 fully saturated rings. The number of aromatic nitrogens is 1. The van der Waals surface area contributed by atoms with E-state index in [-0.39, 0.29) is 12.8 Å². The van der Waals surface area contributed by atoms with Crippen molar-refractivity contribution in [2.24, 2.45) is 0 Å². The van der Waals surface area contributed by atoms with Crippen LogP contribution in [0.15, 0.2) is 53.9 Å². The quantitative estimate of drug-likeness (QED) is 0.751. The third-order valence-electron chi connectivity index (χ3n) is 3.42. The van der Waals surface area contributed by atoms with Gasteiger partial charge in [-0.1, -0.05) is 18.2 Å². The minimum Gasteiger partial charge on any atom is -0.454 e. The van der Waals surface area contributed by atoms with Gasteiger partial charge >= 0.3 is 6.03 Å². The smallest absolute Gasteiger partial charge is 0.325 e. The molecule has 1 aliphatic heterocycles. The van der Waals surface area contributed by atoms with Crippen molar-refractivity contribution in [3.05, 3.63) is 53.9 Å². The summed E-state index contributed by atoms with van der Waals surface area (Å²) in [5, 5.41) is 7.90. The van der Waals surface area contributed by atoms with Gasteiger partial charge in [0.1, 0.15) is 0 Å². The van der Waals surface area contributed by atoms with E-state index in [0.717, 1.165) is 22.7 Å². The number of urea groups is 1. The molecule has 120 valence electrons. The van der Waals surface area contributed by atoms with Gasteiger partial charge in [-0.2, -0.15) is 0 Å². The molecule has 0 unspecified atom stereocenters. The highest BCUT2D eigenvalue weighted by molar-refractivity contribution is 7.14. The molecule has 0 saturated heterocycles. The van der Waals surface area contributed by atoms with Crippen LogP contribution >= 0.6 is 11.3 Å². The third kappa shape index (κ3) is 3.02. The molecule has 2 aromatic carbocycles. The maximum atomic E-state index is 12.0. The van der Waals surface area contributed by atoms with Gasteiger partial charge in [0, 0.05) is 16.6 Å². The highest BCUT2D eigenvalue weighted by atomic mass is 32.1. The second kappa shape index (κ2) is 6.21. The number of rotatable bonds is 3. The minimum atomic E-state index is -0.326. The van der Waals surface area contributed by atoms with E-state index in [1.54, 1.807) is 0 Å². The zero-order chi connectivity index (χ0) is 16.4. The molecule has 24 heavy (non-hydrogen) atoms. The van der Waals surface area contributed by atoms with Crippen LogP contribution in [0.3, 0.4) is 0 Å². The Morgan fingerprint density at radius 1 is 1.04 bits per heavy atom. The Labute approximate surface area is 142 Å². The van der Waals surface area contributed by atoms with E-state index in [2.05, 4.69) is 15.6 Å². The van der Waals surface area contributed by atoms with Gasteiger partial charge in [-0.05, 0) is 30.3 Å².